The van der Waals surface area contributed by atoms with Gasteiger partial charge in [-0.1, -0.05) is 11.3 Å². The third-order valence-electron chi connectivity index (χ3n) is 2.61. The minimum atomic E-state index is 0.0306. The Morgan fingerprint density at radius 1 is 1.54 bits per heavy atom. The van der Waals surface area contributed by atoms with Crippen molar-refractivity contribution >= 4 is 22.9 Å². The van der Waals surface area contributed by atoms with Gasteiger partial charge < -0.3 is 4.74 Å². The van der Waals surface area contributed by atoms with E-state index in [4.69, 9.17) is 16.3 Å². The van der Waals surface area contributed by atoms with Gasteiger partial charge in [0.1, 0.15) is 5.01 Å². The van der Waals surface area contributed by atoms with E-state index < -0.39 is 0 Å². The predicted molar refractivity (Wildman–Crippen MR) is 52.2 cm³/mol. The maximum Gasteiger partial charge on any atom is 0.207 e. The first-order chi connectivity index (χ1) is 6.24. The molecule has 72 valence electrons. The van der Waals surface area contributed by atoms with E-state index in [1.807, 2.05) is 0 Å². The third-order valence-corrected chi connectivity index (χ3v) is 3.63. The van der Waals surface area contributed by atoms with Gasteiger partial charge in [0.2, 0.25) is 4.47 Å². The van der Waals surface area contributed by atoms with Crippen LogP contribution >= 0.6 is 22.9 Å². The third kappa shape index (κ3) is 1.85. The van der Waals surface area contributed by atoms with E-state index >= 15 is 0 Å². The van der Waals surface area contributed by atoms with Crippen molar-refractivity contribution in [2.75, 3.05) is 7.11 Å². The Morgan fingerprint density at radius 3 is 2.69 bits per heavy atom. The highest BCUT2D eigenvalue weighted by molar-refractivity contribution is 7.15. The normalized spacial score (nSPS) is 19.8. The van der Waals surface area contributed by atoms with Crippen LogP contribution in [0.4, 0.5) is 0 Å². The monoisotopic (exact) mass is 218 g/mol. The molecule has 1 aliphatic rings. The number of nitrogens with zero attached hydrogens (tertiary/aromatic N) is 2. The summed E-state index contributed by atoms with van der Waals surface area (Å²) < 4.78 is 6.00. The van der Waals surface area contributed by atoms with Gasteiger partial charge in [-0.05, 0) is 30.9 Å². The smallest absolute Gasteiger partial charge is 0.207 e. The lowest BCUT2D eigenvalue weighted by atomic mass is 9.78. The van der Waals surface area contributed by atoms with E-state index in [-0.39, 0.29) is 5.60 Å². The summed E-state index contributed by atoms with van der Waals surface area (Å²) in [6.07, 6.45) is 4.36. The fourth-order valence-electron chi connectivity index (χ4n) is 1.60. The minimum absolute atomic E-state index is 0.0306. The highest BCUT2D eigenvalue weighted by Gasteiger charge is 2.38. The fourth-order valence-corrected chi connectivity index (χ4v) is 2.60. The van der Waals surface area contributed by atoms with Crippen molar-refractivity contribution in [1.29, 1.82) is 0 Å². The van der Waals surface area contributed by atoms with Gasteiger partial charge in [-0.3, -0.25) is 0 Å². The number of ether oxygens (including phenoxy) is 1. The lowest BCUT2D eigenvalue weighted by molar-refractivity contribution is -0.0709. The second kappa shape index (κ2) is 3.52. The fraction of sp³-hybridized carbons (Fsp3) is 0.750. The molecule has 0 aliphatic heterocycles. The van der Waals surface area contributed by atoms with Crippen molar-refractivity contribution < 1.29 is 4.74 Å². The molecule has 0 N–H and O–H groups in total. The molecular weight excluding hydrogens is 208 g/mol. The Labute approximate surface area is 86.1 Å². The standard InChI is InChI=1S/C8H11ClN2OS/c1-12-8(3-2-4-8)5-6-10-11-7(9)13-6/h2-5H2,1H3. The molecule has 13 heavy (non-hydrogen) atoms. The number of rotatable bonds is 3. The molecular formula is C8H11ClN2OS. The van der Waals surface area contributed by atoms with Crippen LogP contribution in [0.2, 0.25) is 4.47 Å². The molecule has 2 rings (SSSR count). The van der Waals surface area contributed by atoms with Crippen molar-refractivity contribution in [1.82, 2.24) is 10.2 Å². The van der Waals surface area contributed by atoms with Gasteiger partial charge in [0, 0.05) is 13.5 Å². The molecule has 1 aromatic heterocycles. The van der Waals surface area contributed by atoms with Gasteiger partial charge in [-0.2, -0.15) is 0 Å². The molecule has 1 aliphatic carbocycles. The maximum absolute atomic E-state index is 5.70. The van der Waals surface area contributed by atoms with Crippen LogP contribution in [0.15, 0.2) is 0 Å². The largest absolute Gasteiger partial charge is 0.378 e. The van der Waals surface area contributed by atoms with Crippen LogP contribution in [0.1, 0.15) is 24.3 Å². The van der Waals surface area contributed by atoms with Crippen LogP contribution in [0.5, 0.6) is 0 Å². The van der Waals surface area contributed by atoms with Gasteiger partial charge in [0.05, 0.1) is 5.60 Å². The van der Waals surface area contributed by atoms with E-state index in [1.165, 1.54) is 17.8 Å². The first kappa shape index (κ1) is 9.37. The van der Waals surface area contributed by atoms with E-state index in [1.54, 1.807) is 7.11 Å². The highest BCUT2D eigenvalue weighted by Crippen LogP contribution is 2.38. The van der Waals surface area contributed by atoms with Crippen LogP contribution in [0.3, 0.4) is 0 Å². The molecule has 0 bridgehead atoms. The average Bonchev–Trinajstić information content (AvgIpc) is 2.44. The average molecular weight is 219 g/mol. The minimum Gasteiger partial charge on any atom is -0.378 e. The van der Waals surface area contributed by atoms with Crippen LogP contribution < -0.4 is 0 Å². The van der Waals surface area contributed by atoms with E-state index in [0.29, 0.717) is 4.47 Å². The molecule has 1 heterocycles. The quantitative estimate of drug-likeness (QED) is 0.781. The molecule has 1 fully saturated rings. The highest BCUT2D eigenvalue weighted by atomic mass is 35.5. The lowest BCUT2D eigenvalue weighted by Crippen LogP contribution is -2.41. The first-order valence-corrected chi connectivity index (χ1v) is 5.47. The number of hydrogen-bond acceptors (Lipinski definition) is 4. The summed E-state index contributed by atoms with van der Waals surface area (Å²) in [4.78, 5) is 0. The Balaban J connectivity index is 2.04. The van der Waals surface area contributed by atoms with Crippen LogP contribution in [-0.2, 0) is 11.2 Å². The van der Waals surface area contributed by atoms with Crippen molar-refractivity contribution in [3.05, 3.63) is 9.47 Å². The molecule has 0 unspecified atom stereocenters. The van der Waals surface area contributed by atoms with Gasteiger partial charge in [-0.15, -0.1) is 10.2 Å². The number of aromatic nitrogens is 2. The van der Waals surface area contributed by atoms with E-state index in [9.17, 15) is 0 Å². The number of halogens is 1. The molecule has 1 saturated carbocycles. The van der Waals surface area contributed by atoms with Crippen LogP contribution in [0, 0.1) is 0 Å². The van der Waals surface area contributed by atoms with E-state index in [2.05, 4.69) is 10.2 Å². The number of methoxy groups -OCH3 is 1. The lowest BCUT2D eigenvalue weighted by Gasteiger charge is -2.39. The van der Waals surface area contributed by atoms with Crippen LogP contribution in [0.25, 0.3) is 0 Å². The molecule has 5 heteroatoms. The zero-order chi connectivity index (χ0) is 9.31. The van der Waals surface area contributed by atoms with Crippen molar-refractivity contribution in [3.63, 3.8) is 0 Å². The molecule has 0 amide bonds. The summed E-state index contributed by atoms with van der Waals surface area (Å²) in [6, 6.07) is 0. The Bertz CT molecular complexity index is 293. The van der Waals surface area contributed by atoms with Crippen molar-refractivity contribution in [3.8, 4) is 0 Å². The van der Waals surface area contributed by atoms with Crippen molar-refractivity contribution in [2.24, 2.45) is 0 Å². The molecule has 0 radical (unpaired) electrons. The second-order valence-corrected chi connectivity index (χ2v) is 5.01. The maximum atomic E-state index is 5.70. The second-order valence-electron chi connectivity index (χ2n) is 3.37. The zero-order valence-electron chi connectivity index (χ0n) is 7.42. The molecule has 1 aromatic rings. The summed E-state index contributed by atoms with van der Waals surface area (Å²) >= 11 is 7.14. The van der Waals surface area contributed by atoms with Gasteiger partial charge in [0.25, 0.3) is 0 Å². The summed E-state index contributed by atoms with van der Waals surface area (Å²) in [5.74, 6) is 0. The molecule has 0 spiro atoms. The molecule has 0 atom stereocenters. The van der Waals surface area contributed by atoms with Crippen LogP contribution in [-0.4, -0.2) is 22.9 Å². The summed E-state index contributed by atoms with van der Waals surface area (Å²) in [6.45, 7) is 0. The van der Waals surface area contributed by atoms with Gasteiger partial charge in [0.15, 0.2) is 0 Å². The summed E-state index contributed by atoms with van der Waals surface area (Å²) in [7, 11) is 1.77. The van der Waals surface area contributed by atoms with Gasteiger partial charge in [-0.25, -0.2) is 0 Å². The zero-order valence-corrected chi connectivity index (χ0v) is 8.99. The summed E-state index contributed by atoms with van der Waals surface area (Å²) in [5.41, 5.74) is 0.0306. The Kier molecular flexibility index (Phi) is 2.53. The molecule has 0 saturated heterocycles. The Morgan fingerprint density at radius 2 is 2.31 bits per heavy atom. The first-order valence-electron chi connectivity index (χ1n) is 4.27. The number of hydrogen-bond donors (Lipinski definition) is 0. The Hall–Kier alpha value is -0.190. The van der Waals surface area contributed by atoms with E-state index in [0.717, 1.165) is 24.3 Å². The predicted octanol–water partition coefficient (Wildman–Crippen LogP) is 2.30. The SMILES string of the molecule is COC1(Cc2nnc(Cl)s2)CCC1. The van der Waals surface area contributed by atoms with Crippen molar-refractivity contribution in [2.45, 2.75) is 31.3 Å². The molecule has 3 nitrogen and oxygen atoms in total. The topological polar surface area (TPSA) is 35.0 Å². The molecule has 0 aromatic carbocycles. The van der Waals surface area contributed by atoms with Gasteiger partial charge >= 0.3 is 0 Å². The summed E-state index contributed by atoms with van der Waals surface area (Å²) in [5, 5.41) is 8.74.